The number of carbonyl (C=O) groups is 1. The van der Waals surface area contributed by atoms with Gasteiger partial charge in [-0.3, -0.25) is 4.79 Å². The summed E-state index contributed by atoms with van der Waals surface area (Å²) in [6.45, 7) is 1.88. The Morgan fingerprint density at radius 3 is 2.68 bits per heavy atom. The Morgan fingerprint density at radius 1 is 1.37 bits per heavy atom. The number of amides is 1. The number of rotatable bonds is 3. The number of anilines is 1. The van der Waals surface area contributed by atoms with Crippen LogP contribution in [0, 0.1) is 6.92 Å². The van der Waals surface area contributed by atoms with Crippen LogP contribution in [0.4, 0.5) is 5.69 Å². The fraction of sp³-hybridized carbons (Fsp3) is 0.0769. The van der Waals surface area contributed by atoms with Crippen molar-refractivity contribution in [2.75, 3.05) is 5.32 Å². The maximum Gasteiger partial charge on any atom is 0.291 e. The van der Waals surface area contributed by atoms with Gasteiger partial charge in [-0.15, -0.1) is 0 Å². The van der Waals surface area contributed by atoms with Gasteiger partial charge >= 0.3 is 0 Å². The summed E-state index contributed by atoms with van der Waals surface area (Å²) in [6, 6.07) is 8.69. The molecule has 0 unspecified atom stereocenters. The van der Waals surface area contributed by atoms with Gasteiger partial charge in [-0.1, -0.05) is 24.4 Å². The minimum atomic E-state index is -0.353. The Morgan fingerprint density at radius 2 is 2.11 bits per heavy atom. The summed E-state index contributed by atoms with van der Waals surface area (Å²) in [5.41, 5.74) is 7.83. The number of furan rings is 1. The zero-order valence-electron chi connectivity index (χ0n) is 10.1. The average molecular weight is 339 g/mol. The van der Waals surface area contributed by atoms with Gasteiger partial charge in [0, 0.05) is 5.56 Å². The van der Waals surface area contributed by atoms with E-state index in [0.717, 1.165) is 5.56 Å². The van der Waals surface area contributed by atoms with Crippen LogP contribution in [-0.4, -0.2) is 10.9 Å². The molecule has 2 rings (SSSR count). The Bertz CT molecular complexity index is 652. The van der Waals surface area contributed by atoms with Crippen LogP contribution in [0.15, 0.2) is 39.4 Å². The summed E-state index contributed by atoms with van der Waals surface area (Å²) in [5, 5.41) is 2.74. The minimum absolute atomic E-state index is 0.210. The lowest BCUT2D eigenvalue weighted by Crippen LogP contribution is -2.18. The van der Waals surface area contributed by atoms with Crippen molar-refractivity contribution in [3.05, 3.63) is 51.9 Å². The average Bonchev–Trinajstić information content (AvgIpc) is 2.75. The summed E-state index contributed by atoms with van der Waals surface area (Å²) >= 11 is 8.15. The normalized spacial score (nSPS) is 10.2. The molecule has 0 fully saturated rings. The highest BCUT2D eigenvalue weighted by Crippen LogP contribution is 2.21. The molecule has 0 saturated carbocycles. The summed E-state index contributed by atoms with van der Waals surface area (Å²) in [7, 11) is 0. The first-order valence-corrected chi connectivity index (χ1v) is 6.65. The van der Waals surface area contributed by atoms with Crippen molar-refractivity contribution in [3.8, 4) is 0 Å². The van der Waals surface area contributed by atoms with Gasteiger partial charge < -0.3 is 15.5 Å². The van der Waals surface area contributed by atoms with E-state index in [4.69, 9.17) is 22.4 Å². The van der Waals surface area contributed by atoms with Gasteiger partial charge in [-0.2, -0.15) is 0 Å². The van der Waals surface area contributed by atoms with Crippen LogP contribution in [0.5, 0.6) is 0 Å². The number of benzene rings is 1. The van der Waals surface area contributed by atoms with Gasteiger partial charge in [0.05, 0.1) is 5.69 Å². The first kappa shape index (κ1) is 13.8. The second kappa shape index (κ2) is 5.54. The molecule has 0 aliphatic heterocycles. The standard InChI is InChI=1S/C13H11BrN2O2S/c1-7-3-2-4-8(11(7)12(15)19)16-13(17)9-5-6-10(14)18-9/h2-6H,1H3,(H2,15,19)(H,16,17). The molecule has 4 nitrogen and oxygen atoms in total. The van der Waals surface area contributed by atoms with Crippen molar-refractivity contribution in [2.24, 2.45) is 5.73 Å². The van der Waals surface area contributed by atoms with Crippen LogP contribution in [0.2, 0.25) is 0 Å². The van der Waals surface area contributed by atoms with Gasteiger partial charge in [0.1, 0.15) is 4.99 Å². The molecular weight excluding hydrogens is 328 g/mol. The highest BCUT2D eigenvalue weighted by atomic mass is 79.9. The quantitative estimate of drug-likeness (QED) is 0.843. The molecule has 19 heavy (non-hydrogen) atoms. The molecule has 0 aliphatic rings. The number of aryl methyl sites for hydroxylation is 1. The number of hydrogen-bond donors (Lipinski definition) is 2. The maximum atomic E-state index is 12.0. The minimum Gasteiger partial charge on any atom is -0.444 e. The van der Waals surface area contributed by atoms with E-state index >= 15 is 0 Å². The first-order chi connectivity index (χ1) is 8.99. The van der Waals surface area contributed by atoms with Gasteiger partial charge in [0.15, 0.2) is 10.4 Å². The van der Waals surface area contributed by atoms with Crippen molar-refractivity contribution in [2.45, 2.75) is 6.92 Å². The van der Waals surface area contributed by atoms with Crippen LogP contribution < -0.4 is 11.1 Å². The third-order valence-electron chi connectivity index (χ3n) is 2.56. The van der Waals surface area contributed by atoms with E-state index in [2.05, 4.69) is 21.2 Å². The molecule has 0 spiro atoms. The van der Waals surface area contributed by atoms with E-state index < -0.39 is 0 Å². The van der Waals surface area contributed by atoms with Crippen molar-refractivity contribution >= 4 is 44.7 Å². The molecule has 3 N–H and O–H groups in total. The molecule has 6 heteroatoms. The smallest absolute Gasteiger partial charge is 0.291 e. The number of nitrogens with two attached hydrogens (primary N) is 1. The lowest BCUT2D eigenvalue weighted by atomic mass is 10.1. The molecule has 0 radical (unpaired) electrons. The zero-order valence-corrected chi connectivity index (χ0v) is 12.5. The van der Waals surface area contributed by atoms with Gasteiger partial charge in [-0.25, -0.2) is 0 Å². The van der Waals surface area contributed by atoms with Crippen molar-refractivity contribution in [1.82, 2.24) is 0 Å². The fourth-order valence-electron chi connectivity index (χ4n) is 1.72. The second-order valence-corrected chi connectivity index (χ2v) is 5.14. The fourth-order valence-corrected chi connectivity index (χ4v) is 2.30. The number of halogens is 1. The van der Waals surface area contributed by atoms with Gasteiger partial charge in [0.25, 0.3) is 5.91 Å². The molecule has 0 saturated heterocycles. The van der Waals surface area contributed by atoms with E-state index in [1.807, 2.05) is 19.1 Å². The SMILES string of the molecule is Cc1cccc(NC(=O)c2ccc(Br)o2)c1C(N)=S. The largest absolute Gasteiger partial charge is 0.444 e. The summed E-state index contributed by atoms with van der Waals surface area (Å²) in [5.74, 6) is -0.143. The van der Waals surface area contributed by atoms with Crippen molar-refractivity contribution in [3.63, 3.8) is 0 Å². The Hall–Kier alpha value is -1.66. The Labute approximate surface area is 124 Å². The Balaban J connectivity index is 2.31. The number of hydrogen-bond acceptors (Lipinski definition) is 3. The molecule has 0 bridgehead atoms. The van der Waals surface area contributed by atoms with Crippen LogP contribution in [0.1, 0.15) is 21.7 Å². The van der Waals surface area contributed by atoms with E-state index in [9.17, 15) is 4.79 Å². The monoisotopic (exact) mass is 338 g/mol. The third kappa shape index (κ3) is 3.02. The zero-order chi connectivity index (χ0) is 14.0. The van der Waals surface area contributed by atoms with Crippen LogP contribution in [0.25, 0.3) is 0 Å². The molecule has 1 aromatic heterocycles. The molecule has 0 atom stereocenters. The molecule has 1 heterocycles. The van der Waals surface area contributed by atoms with Gasteiger partial charge in [0.2, 0.25) is 0 Å². The Kier molecular flexibility index (Phi) is 4.01. The third-order valence-corrected chi connectivity index (χ3v) is 3.19. The van der Waals surface area contributed by atoms with E-state index in [1.165, 1.54) is 0 Å². The predicted molar refractivity (Wildman–Crippen MR) is 81.4 cm³/mol. The molecule has 0 aliphatic carbocycles. The number of carbonyl (C=O) groups excluding carboxylic acids is 1. The molecule has 2 aromatic rings. The van der Waals surface area contributed by atoms with Crippen LogP contribution >= 0.6 is 28.1 Å². The van der Waals surface area contributed by atoms with Crippen LogP contribution in [-0.2, 0) is 0 Å². The number of thiocarbonyl (C=S) groups is 1. The van der Waals surface area contributed by atoms with E-state index in [-0.39, 0.29) is 16.7 Å². The second-order valence-electron chi connectivity index (χ2n) is 3.92. The van der Waals surface area contributed by atoms with Crippen LogP contribution in [0.3, 0.4) is 0 Å². The van der Waals surface area contributed by atoms with E-state index in [1.54, 1.807) is 18.2 Å². The van der Waals surface area contributed by atoms with Crippen molar-refractivity contribution in [1.29, 1.82) is 0 Å². The summed E-state index contributed by atoms with van der Waals surface area (Å²) < 4.78 is 5.69. The first-order valence-electron chi connectivity index (χ1n) is 5.45. The molecule has 1 aromatic carbocycles. The maximum absolute atomic E-state index is 12.0. The predicted octanol–water partition coefficient (Wildman–Crippen LogP) is 3.24. The molecule has 98 valence electrons. The molecular formula is C13H11BrN2O2S. The lowest BCUT2D eigenvalue weighted by molar-refractivity contribution is 0.0995. The number of nitrogens with one attached hydrogen (secondary N) is 1. The topological polar surface area (TPSA) is 68.3 Å². The summed E-state index contributed by atoms with van der Waals surface area (Å²) in [4.78, 5) is 12.2. The van der Waals surface area contributed by atoms with Gasteiger partial charge in [-0.05, 0) is 46.6 Å². The summed E-state index contributed by atoms with van der Waals surface area (Å²) in [6.07, 6.45) is 0. The van der Waals surface area contributed by atoms with Crippen molar-refractivity contribution < 1.29 is 9.21 Å². The molecule has 1 amide bonds. The lowest BCUT2D eigenvalue weighted by Gasteiger charge is -2.11. The van der Waals surface area contributed by atoms with E-state index in [0.29, 0.717) is 15.9 Å². The highest BCUT2D eigenvalue weighted by Gasteiger charge is 2.14. The highest BCUT2D eigenvalue weighted by molar-refractivity contribution is 9.10.